The van der Waals surface area contributed by atoms with Crippen LogP contribution in [0.5, 0.6) is 0 Å². The van der Waals surface area contributed by atoms with E-state index < -0.39 is 133 Å². The molecule has 0 radical (unpaired) electrons. The van der Waals surface area contributed by atoms with Gasteiger partial charge in [0, 0.05) is 24.2 Å². The van der Waals surface area contributed by atoms with Crippen molar-refractivity contribution in [3.63, 3.8) is 0 Å². The van der Waals surface area contributed by atoms with Gasteiger partial charge in [-0.15, -0.1) is 0 Å². The van der Waals surface area contributed by atoms with Gasteiger partial charge in [-0.25, -0.2) is 4.18 Å². The highest BCUT2D eigenvalue weighted by molar-refractivity contribution is 7.80. The SMILES string of the molecule is CC(C)=CC1CC(C)(O)C2C3CCC4C5(C)CCC(OC6OCC(O)C(OC7OC(CO)C(OS(=O)(=O)O)C(O)C7O)C6OC6OC(C)C(O)C(O)C6O)C(C)(C)C5CCC4(C)C34COC2(C4)O1. The number of allylic oxidation sites excluding steroid dienone is 1. The minimum atomic E-state index is -5.18. The number of aliphatic hydroxyl groups excluding tert-OH is 7. The van der Waals surface area contributed by atoms with Gasteiger partial charge in [0.2, 0.25) is 0 Å². The van der Waals surface area contributed by atoms with Crippen molar-refractivity contribution in [1.82, 2.24) is 0 Å². The summed E-state index contributed by atoms with van der Waals surface area (Å²) in [5.41, 5.74) is -0.703. The molecule has 20 nitrogen and oxygen atoms in total. The quantitative estimate of drug-likeness (QED) is 0.0832. The maximum Gasteiger partial charge on any atom is 0.397 e. The van der Waals surface area contributed by atoms with Gasteiger partial charge < -0.3 is 78.7 Å². The van der Waals surface area contributed by atoms with E-state index in [1.165, 1.54) is 6.92 Å². The Labute approximate surface area is 398 Å². The average molecular weight is 993 g/mol. The number of ether oxygens (including phenoxy) is 8. The second-order valence-corrected chi connectivity index (χ2v) is 24.5. The first kappa shape index (κ1) is 51.9. The number of hydrogen-bond acceptors (Lipinski definition) is 19. The van der Waals surface area contributed by atoms with E-state index in [-0.39, 0.29) is 40.1 Å². The molecule has 4 saturated carbocycles. The zero-order valence-corrected chi connectivity index (χ0v) is 41.1. The summed E-state index contributed by atoms with van der Waals surface area (Å²) < 4.78 is 87.9. The molecule has 0 amide bonds. The summed E-state index contributed by atoms with van der Waals surface area (Å²) in [6.45, 7) is 16.1. The van der Waals surface area contributed by atoms with E-state index in [2.05, 4.69) is 38.0 Å². The van der Waals surface area contributed by atoms with Crippen molar-refractivity contribution in [1.29, 1.82) is 0 Å². The van der Waals surface area contributed by atoms with E-state index >= 15 is 0 Å². The standard InChI is InChI=1S/C47H76O20S/c1-21(2)15-23-16-45(8,55)38-24-9-10-28-43(6)13-12-29(42(4,5)27(43)11-14-44(28,7)46(24)19-47(38,66-23)60-20-46)63-41-37(65-39-33(53)31(51)30(50)22(3)61-39)35(25(49)18-59-41)64-40-34(54)32(52)36(26(17-48)62-40)67-68(56,57)58/h15,22-41,48-55H,9-14,16-20H2,1-8H3,(H,56,57,58). The molecule has 9 fully saturated rings. The molecule has 4 aliphatic carbocycles. The molecule has 25 unspecified atom stereocenters. The van der Waals surface area contributed by atoms with Gasteiger partial charge in [-0.05, 0) is 100 Å². The number of aliphatic hydroxyl groups is 8. The lowest BCUT2D eigenvalue weighted by atomic mass is 9.35. The molecule has 68 heavy (non-hydrogen) atoms. The number of rotatable bonds is 10. The summed E-state index contributed by atoms with van der Waals surface area (Å²) in [4.78, 5) is 0. The fourth-order valence-electron chi connectivity index (χ4n) is 16.0. The fraction of sp³-hybridized carbons (Fsp3) is 0.957. The maximum absolute atomic E-state index is 12.2. The third kappa shape index (κ3) is 8.21. The van der Waals surface area contributed by atoms with Crippen LogP contribution in [0.3, 0.4) is 0 Å². The summed E-state index contributed by atoms with van der Waals surface area (Å²) >= 11 is 0. The molecule has 0 aromatic carbocycles. The Hall–Kier alpha value is -1.03. The third-order valence-electron chi connectivity index (χ3n) is 18.9. The first-order valence-corrected chi connectivity index (χ1v) is 25.9. The van der Waals surface area contributed by atoms with Gasteiger partial charge >= 0.3 is 10.4 Å². The monoisotopic (exact) mass is 992 g/mol. The molecular weight excluding hydrogens is 917 g/mol. The Morgan fingerprint density at radius 2 is 1.46 bits per heavy atom. The third-order valence-corrected chi connectivity index (χ3v) is 19.4. The minimum absolute atomic E-state index is 0.105. The second-order valence-electron chi connectivity index (χ2n) is 23.5. The van der Waals surface area contributed by atoms with E-state index in [9.17, 15) is 53.8 Å². The van der Waals surface area contributed by atoms with Gasteiger partial charge in [0.1, 0.15) is 61.0 Å². The topological polar surface area (TPSA) is 299 Å². The van der Waals surface area contributed by atoms with Crippen LogP contribution in [0.1, 0.15) is 107 Å². The molecule has 5 saturated heterocycles. The first-order valence-electron chi connectivity index (χ1n) is 24.6. The molecule has 2 bridgehead atoms. The Balaban J connectivity index is 0.972. The lowest BCUT2D eigenvalue weighted by Gasteiger charge is -2.70. The predicted molar refractivity (Wildman–Crippen MR) is 234 cm³/mol. The Bertz CT molecular complexity index is 2000. The van der Waals surface area contributed by atoms with Crippen molar-refractivity contribution in [3.05, 3.63) is 11.6 Å². The molecule has 21 heteroatoms. The van der Waals surface area contributed by atoms with E-state index in [1.807, 2.05) is 20.8 Å². The van der Waals surface area contributed by atoms with Gasteiger partial charge in [0.05, 0.1) is 43.7 Å². The van der Waals surface area contributed by atoms with Crippen LogP contribution < -0.4 is 0 Å². The molecule has 0 aromatic rings. The van der Waals surface area contributed by atoms with Gasteiger partial charge in [0.15, 0.2) is 24.7 Å². The van der Waals surface area contributed by atoms with Crippen molar-refractivity contribution in [2.24, 2.45) is 45.3 Å². The first-order chi connectivity index (χ1) is 31.6. The molecule has 9 aliphatic rings. The van der Waals surface area contributed by atoms with Crippen LogP contribution in [-0.2, 0) is 52.5 Å². The molecule has 25 atom stereocenters. The van der Waals surface area contributed by atoms with Crippen molar-refractivity contribution in [3.8, 4) is 0 Å². The second kappa shape index (κ2) is 17.8. The Morgan fingerprint density at radius 3 is 2.13 bits per heavy atom. The molecule has 0 aromatic heterocycles. The van der Waals surface area contributed by atoms with Gasteiger partial charge in [-0.1, -0.05) is 39.3 Å². The summed E-state index contributed by atoms with van der Waals surface area (Å²) in [5.74, 6) is -0.222. The normalized spacial score (nSPS) is 55.4. The van der Waals surface area contributed by atoms with Crippen molar-refractivity contribution in [2.45, 2.75) is 216 Å². The molecule has 390 valence electrons. The van der Waals surface area contributed by atoms with Crippen LogP contribution in [-0.4, -0.2) is 183 Å². The lowest BCUT2D eigenvalue weighted by molar-refractivity contribution is -0.388. The summed E-state index contributed by atoms with van der Waals surface area (Å²) in [6, 6.07) is 0. The van der Waals surface area contributed by atoms with Crippen LogP contribution in [0.2, 0.25) is 0 Å². The number of fused-ring (bicyclic) bond motifs is 4. The van der Waals surface area contributed by atoms with E-state index in [1.54, 1.807) is 0 Å². The van der Waals surface area contributed by atoms with Crippen LogP contribution >= 0.6 is 0 Å². The molecule has 9 rings (SSSR count). The fourth-order valence-corrected chi connectivity index (χ4v) is 16.5. The van der Waals surface area contributed by atoms with Gasteiger partial charge in [-0.3, -0.25) is 4.55 Å². The van der Waals surface area contributed by atoms with E-state index in [0.29, 0.717) is 25.4 Å². The van der Waals surface area contributed by atoms with Crippen molar-refractivity contribution >= 4 is 10.4 Å². The molecule has 9 N–H and O–H groups in total. The highest BCUT2D eigenvalue weighted by Gasteiger charge is 2.81. The maximum atomic E-state index is 12.2. The molecule has 2 spiro atoms. The van der Waals surface area contributed by atoms with Crippen molar-refractivity contribution in [2.75, 3.05) is 19.8 Å². The van der Waals surface area contributed by atoms with E-state index in [4.69, 9.17) is 37.9 Å². The Morgan fingerprint density at radius 1 is 0.779 bits per heavy atom. The average Bonchev–Trinajstić information content (AvgIpc) is 3.76. The molecule has 5 aliphatic heterocycles. The van der Waals surface area contributed by atoms with Gasteiger partial charge in [0.25, 0.3) is 0 Å². The summed E-state index contributed by atoms with van der Waals surface area (Å²) in [6.07, 6.45) is -15.3. The highest BCUT2D eigenvalue weighted by Crippen LogP contribution is 2.80. The van der Waals surface area contributed by atoms with Crippen molar-refractivity contribution < 1.29 is 95.9 Å². The van der Waals surface area contributed by atoms with Crippen LogP contribution in [0.4, 0.5) is 0 Å². The zero-order chi connectivity index (χ0) is 49.5. The number of hydrogen-bond donors (Lipinski definition) is 9. The molecule has 5 heterocycles. The highest BCUT2D eigenvalue weighted by atomic mass is 32.3. The predicted octanol–water partition coefficient (Wildman–Crippen LogP) is 0.821. The lowest BCUT2D eigenvalue weighted by Crippen LogP contribution is -2.68. The van der Waals surface area contributed by atoms with Crippen LogP contribution in [0.25, 0.3) is 0 Å². The largest absolute Gasteiger partial charge is 0.397 e. The van der Waals surface area contributed by atoms with Gasteiger partial charge in [-0.2, -0.15) is 8.42 Å². The van der Waals surface area contributed by atoms with Crippen LogP contribution in [0.15, 0.2) is 11.6 Å². The minimum Gasteiger partial charge on any atom is -0.394 e. The van der Waals surface area contributed by atoms with Crippen LogP contribution in [0, 0.1) is 45.3 Å². The molecular formula is C47H76O20S. The summed E-state index contributed by atoms with van der Waals surface area (Å²) in [5, 5.41) is 88.2. The van der Waals surface area contributed by atoms with E-state index in [0.717, 1.165) is 44.1 Å². The summed E-state index contributed by atoms with van der Waals surface area (Å²) in [7, 11) is -5.18. The zero-order valence-electron chi connectivity index (χ0n) is 40.3. The Kier molecular flexibility index (Phi) is 13.6. The smallest absolute Gasteiger partial charge is 0.394 e.